The van der Waals surface area contributed by atoms with E-state index in [0.717, 1.165) is 16.8 Å². The first-order chi connectivity index (χ1) is 14.1. The monoisotopic (exact) mass is 439 g/mol. The number of hydrogen-bond donors (Lipinski definition) is 1. The number of halogens is 4. The van der Waals surface area contributed by atoms with Gasteiger partial charge >= 0.3 is 12.1 Å². The highest BCUT2D eigenvalue weighted by Gasteiger charge is 2.35. The fraction of sp³-hybridized carbons (Fsp3) is 0.158. The number of fused-ring (bicyclic) bond motifs is 1. The third kappa shape index (κ3) is 4.28. The van der Waals surface area contributed by atoms with Gasteiger partial charge in [0, 0.05) is 12.4 Å². The smallest absolute Gasteiger partial charge is 0.418 e. The summed E-state index contributed by atoms with van der Waals surface area (Å²) in [5.41, 5.74) is -2.42. The molecule has 3 aromatic rings. The minimum absolute atomic E-state index is 0.214. The molecule has 0 aliphatic carbocycles. The molecule has 0 bridgehead atoms. The molecular weight excluding hydrogens is 427 g/mol. The SMILES string of the molecule is Cn1nc(C(=O)OCC(=O)Nc2c(Cl)cccc2C(F)(F)F)c2ccccc2c1=O. The third-order valence-corrected chi connectivity index (χ3v) is 4.38. The molecule has 0 saturated heterocycles. The third-order valence-electron chi connectivity index (χ3n) is 4.07. The Morgan fingerprint density at radius 1 is 1.13 bits per heavy atom. The van der Waals surface area contributed by atoms with E-state index in [0.29, 0.717) is 0 Å². The summed E-state index contributed by atoms with van der Waals surface area (Å²) < 4.78 is 45.1. The molecule has 7 nitrogen and oxygen atoms in total. The summed E-state index contributed by atoms with van der Waals surface area (Å²) in [4.78, 5) is 36.6. The normalized spacial score (nSPS) is 11.4. The molecule has 0 atom stereocenters. The number of para-hydroxylation sites is 1. The van der Waals surface area contributed by atoms with E-state index >= 15 is 0 Å². The Balaban J connectivity index is 1.79. The molecule has 0 radical (unpaired) electrons. The molecule has 1 heterocycles. The van der Waals surface area contributed by atoms with Gasteiger partial charge < -0.3 is 10.1 Å². The van der Waals surface area contributed by atoms with Crippen LogP contribution in [-0.4, -0.2) is 28.3 Å². The molecule has 0 spiro atoms. The van der Waals surface area contributed by atoms with Crippen LogP contribution >= 0.6 is 11.6 Å². The van der Waals surface area contributed by atoms with Crippen molar-refractivity contribution in [2.45, 2.75) is 6.18 Å². The number of esters is 1. The molecule has 11 heteroatoms. The second kappa shape index (κ2) is 8.15. The molecule has 156 valence electrons. The first-order valence-electron chi connectivity index (χ1n) is 8.38. The zero-order valence-electron chi connectivity index (χ0n) is 15.3. The Bertz CT molecular complexity index is 1210. The molecule has 1 N–H and O–H groups in total. The van der Waals surface area contributed by atoms with Gasteiger partial charge in [0.2, 0.25) is 0 Å². The van der Waals surface area contributed by atoms with Gasteiger partial charge in [0.05, 0.1) is 21.7 Å². The number of alkyl halides is 3. The van der Waals surface area contributed by atoms with Crippen LogP contribution in [0, 0.1) is 0 Å². The van der Waals surface area contributed by atoms with Crippen LogP contribution in [-0.2, 0) is 22.8 Å². The second-order valence-corrected chi connectivity index (χ2v) is 6.51. The van der Waals surface area contributed by atoms with Crippen molar-refractivity contribution >= 4 is 39.9 Å². The summed E-state index contributed by atoms with van der Waals surface area (Å²) in [6, 6.07) is 9.21. The van der Waals surface area contributed by atoms with Crippen LogP contribution in [0.25, 0.3) is 10.8 Å². The fourth-order valence-electron chi connectivity index (χ4n) is 2.71. The lowest BCUT2D eigenvalue weighted by atomic mass is 10.1. The van der Waals surface area contributed by atoms with Crippen LogP contribution < -0.4 is 10.9 Å². The van der Waals surface area contributed by atoms with Crippen molar-refractivity contribution in [3.63, 3.8) is 0 Å². The lowest BCUT2D eigenvalue weighted by Crippen LogP contribution is -2.26. The predicted molar refractivity (Wildman–Crippen MR) is 102 cm³/mol. The van der Waals surface area contributed by atoms with E-state index in [9.17, 15) is 27.6 Å². The van der Waals surface area contributed by atoms with Gasteiger partial charge in [-0.25, -0.2) is 9.48 Å². The number of anilines is 1. The number of aromatic nitrogens is 2. The summed E-state index contributed by atoms with van der Waals surface area (Å²) in [6.07, 6.45) is -4.75. The van der Waals surface area contributed by atoms with Crippen molar-refractivity contribution in [3.05, 3.63) is 69.1 Å². The van der Waals surface area contributed by atoms with E-state index in [-0.39, 0.29) is 21.5 Å². The van der Waals surface area contributed by atoms with Gasteiger partial charge in [-0.3, -0.25) is 9.59 Å². The number of nitrogens with zero attached hydrogens (tertiary/aromatic N) is 2. The quantitative estimate of drug-likeness (QED) is 0.629. The van der Waals surface area contributed by atoms with E-state index in [1.165, 1.54) is 25.2 Å². The molecule has 0 aliphatic heterocycles. The minimum atomic E-state index is -4.75. The summed E-state index contributed by atoms with van der Waals surface area (Å²) in [5.74, 6) is -2.05. The second-order valence-electron chi connectivity index (χ2n) is 6.11. The molecule has 0 fully saturated rings. The lowest BCUT2D eigenvalue weighted by molar-refractivity contribution is -0.137. The highest BCUT2D eigenvalue weighted by molar-refractivity contribution is 6.34. The van der Waals surface area contributed by atoms with Crippen molar-refractivity contribution in [2.75, 3.05) is 11.9 Å². The van der Waals surface area contributed by atoms with Crippen molar-refractivity contribution in [1.82, 2.24) is 9.78 Å². The van der Waals surface area contributed by atoms with Crippen molar-refractivity contribution < 1.29 is 27.5 Å². The van der Waals surface area contributed by atoms with Crippen LogP contribution in [0.5, 0.6) is 0 Å². The maximum Gasteiger partial charge on any atom is 0.418 e. The number of amides is 1. The maximum atomic E-state index is 13.1. The summed E-state index contributed by atoms with van der Waals surface area (Å²) in [7, 11) is 1.34. The molecule has 1 aromatic heterocycles. The number of rotatable bonds is 4. The molecule has 30 heavy (non-hydrogen) atoms. The van der Waals surface area contributed by atoms with E-state index in [1.807, 2.05) is 5.32 Å². The lowest BCUT2D eigenvalue weighted by Gasteiger charge is -2.15. The van der Waals surface area contributed by atoms with Gasteiger partial charge in [0.25, 0.3) is 11.5 Å². The number of nitrogens with one attached hydrogen (secondary N) is 1. The highest BCUT2D eigenvalue weighted by Crippen LogP contribution is 2.38. The molecule has 1 amide bonds. The zero-order valence-corrected chi connectivity index (χ0v) is 16.0. The van der Waals surface area contributed by atoms with E-state index < -0.39 is 41.5 Å². The van der Waals surface area contributed by atoms with Crippen LogP contribution in [0.2, 0.25) is 5.02 Å². The van der Waals surface area contributed by atoms with Gasteiger partial charge in [0.1, 0.15) is 0 Å². The summed E-state index contributed by atoms with van der Waals surface area (Å²) >= 11 is 5.77. The molecule has 0 saturated carbocycles. The first-order valence-corrected chi connectivity index (χ1v) is 8.76. The standard InChI is InChI=1S/C19H13ClF3N3O4/c1-26-17(28)11-6-3-2-5-10(11)15(25-26)18(29)30-9-14(27)24-16-12(19(21,22)23)7-4-8-13(16)20/h2-8H,9H2,1H3,(H,24,27). The maximum absolute atomic E-state index is 13.1. The van der Waals surface area contributed by atoms with Crippen molar-refractivity contribution in [3.8, 4) is 0 Å². The number of hydrogen-bond acceptors (Lipinski definition) is 5. The Morgan fingerprint density at radius 2 is 1.80 bits per heavy atom. The topological polar surface area (TPSA) is 90.3 Å². The van der Waals surface area contributed by atoms with E-state index in [1.54, 1.807) is 12.1 Å². The van der Waals surface area contributed by atoms with Crippen molar-refractivity contribution in [2.24, 2.45) is 7.05 Å². The van der Waals surface area contributed by atoms with Gasteiger partial charge in [-0.05, 0) is 18.2 Å². The number of carbonyl (C=O) groups is 2. The van der Waals surface area contributed by atoms with Crippen molar-refractivity contribution in [1.29, 1.82) is 0 Å². The summed E-state index contributed by atoms with van der Waals surface area (Å²) in [5, 5.41) is 5.97. The Hall–Kier alpha value is -3.40. The first kappa shape index (κ1) is 21.3. The molecular formula is C19H13ClF3N3O4. The average molecular weight is 440 g/mol. The van der Waals surface area contributed by atoms with Crippen LogP contribution in [0.4, 0.5) is 18.9 Å². The summed E-state index contributed by atoms with van der Waals surface area (Å²) in [6.45, 7) is -0.889. The molecule has 0 unspecified atom stereocenters. The average Bonchev–Trinajstić information content (AvgIpc) is 2.69. The highest BCUT2D eigenvalue weighted by atomic mass is 35.5. The van der Waals surface area contributed by atoms with Gasteiger partial charge in [0.15, 0.2) is 12.3 Å². The van der Waals surface area contributed by atoms with Gasteiger partial charge in [-0.1, -0.05) is 35.9 Å². The largest absolute Gasteiger partial charge is 0.451 e. The minimum Gasteiger partial charge on any atom is -0.451 e. The van der Waals surface area contributed by atoms with E-state index in [2.05, 4.69) is 5.10 Å². The Kier molecular flexibility index (Phi) is 5.79. The fourth-order valence-corrected chi connectivity index (χ4v) is 2.93. The van der Waals surface area contributed by atoms with Crippen LogP contribution in [0.1, 0.15) is 16.1 Å². The van der Waals surface area contributed by atoms with Gasteiger partial charge in [-0.15, -0.1) is 0 Å². The number of ether oxygens (including phenoxy) is 1. The molecule has 3 rings (SSSR count). The number of aryl methyl sites for hydroxylation is 1. The number of carbonyl (C=O) groups excluding carboxylic acids is 2. The Labute approximate surface area is 172 Å². The van der Waals surface area contributed by atoms with Gasteiger partial charge in [-0.2, -0.15) is 18.3 Å². The van der Waals surface area contributed by atoms with E-state index in [4.69, 9.17) is 16.3 Å². The van der Waals surface area contributed by atoms with Crippen LogP contribution in [0.3, 0.4) is 0 Å². The van der Waals surface area contributed by atoms with Crippen LogP contribution in [0.15, 0.2) is 47.3 Å². The zero-order chi connectivity index (χ0) is 22.1. The molecule has 2 aromatic carbocycles. The Morgan fingerprint density at radius 3 is 2.47 bits per heavy atom. The predicted octanol–water partition coefficient (Wildman–Crippen LogP) is 3.40. The number of benzene rings is 2. The molecule has 0 aliphatic rings.